The highest BCUT2D eigenvalue weighted by atomic mass is 32.1. The number of nitrogens with one attached hydrogen (secondary N) is 2. The number of ether oxygens (including phenoxy) is 1. The largest absolute Gasteiger partial charge is 0.385 e. The highest BCUT2D eigenvalue weighted by Crippen LogP contribution is 2.34. The summed E-state index contributed by atoms with van der Waals surface area (Å²) in [6.45, 7) is 3.61. The van der Waals surface area contributed by atoms with Crippen molar-refractivity contribution < 1.29 is 14.3 Å². The summed E-state index contributed by atoms with van der Waals surface area (Å²) in [7, 11) is 1.70. The summed E-state index contributed by atoms with van der Waals surface area (Å²) in [4.78, 5) is 23.7. The van der Waals surface area contributed by atoms with Crippen molar-refractivity contribution in [3.8, 4) is 10.4 Å². The van der Waals surface area contributed by atoms with Crippen molar-refractivity contribution in [1.82, 2.24) is 5.32 Å². The van der Waals surface area contributed by atoms with Crippen molar-refractivity contribution in [3.05, 3.63) is 40.8 Å². The molecule has 6 N–H and O–H groups in total. The molecule has 2 rings (SSSR count). The summed E-state index contributed by atoms with van der Waals surface area (Å²) >= 11 is 1.22. The molecule has 1 heterocycles. The van der Waals surface area contributed by atoms with Gasteiger partial charge in [0.2, 0.25) is 0 Å². The molecule has 1 atom stereocenters. The predicted molar refractivity (Wildman–Crippen MR) is 104 cm³/mol. The fourth-order valence-corrected chi connectivity index (χ4v) is 3.39. The molecule has 1 aromatic carbocycles. The van der Waals surface area contributed by atoms with Gasteiger partial charge < -0.3 is 26.8 Å². The van der Waals surface area contributed by atoms with Gasteiger partial charge in [-0.15, -0.1) is 11.3 Å². The maximum absolute atomic E-state index is 11.5. The number of amides is 3. The Morgan fingerprint density at radius 1 is 1.23 bits per heavy atom. The van der Waals surface area contributed by atoms with Crippen molar-refractivity contribution in [1.29, 1.82) is 0 Å². The number of benzene rings is 1. The molecule has 0 saturated heterocycles. The average molecular weight is 376 g/mol. The summed E-state index contributed by atoms with van der Waals surface area (Å²) in [6, 6.07) is 9.33. The molecule has 0 aliphatic rings. The smallest absolute Gasteiger partial charge is 0.316 e. The fraction of sp³-hybridized carbons (Fsp3) is 0.333. The SMILES string of the molecule is COCCC(C)NCc1ccc(-c2cc(NC(N)=O)c(C(N)=O)s2)cc1. The van der Waals surface area contributed by atoms with Crippen molar-refractivity contribution in [2.24, 2.45) is 11.5 Å². The number of primary amides is 2. The van der Waals surface area contributed by atoms with Crippen molar-refractivity contribution in [2.75, 3.05) is 19.0 Å². The third kappa shape index (κ3) is 5.55. The van der Waals surface area contributed by atoms with Gasteiger partial charge >= 0.3 is 6.03 Å². The zero-order valence-corrected chi connectivity index (χ0v) is 15.7. The van der Waals surface area contributed by atoms with Crippen LogP contribution in [0.5, 0.6) is 0 Å². The molecule has 3 amide bonds. The van der Waals surface area contributed by atoms with Gasteiger partial charge in [-0.1, -0.05) is 24.3 Å². The summed E-state index contributed by atoms with van der Waals surface area (Å²) in [5, 5.41) is 5.88. The molecule has 2 aromatic rings. The van der Waals surface area contributed by atoms with E-state index in [4.69, 9.17) is 16.2 Å². The zero-order chi connectivity index (χ0) is 19.1. The molecule has 0 radical (unpaired) electrons. The molecule has 1 aromatic heterocycles. The first-order chi connectivity index (χ1) is 12.4. The number of hydrogen-bond donors (Lipinski definition) is 4. The van der Waals surface area contributed by atoms with E-state index >= 15 is 0 Å². The summed E-state index contributed by atoms with van der Waals surface area (Å²) in [5.74, 6) is -0.601. The quantitative estimate of drug-likeness (QED) is 0.537. The summed E-state index contributed by atoms with van der Waals surface area (Å²) in [5.41, 5.74) is 12.9. The maximum atomic E-state index is 11.5. The number of thiophene rings is 1. The number of hydrogen-bond acceptors (Lipinski definition) is 5. The van der Waals surface area contributed by atoms with Crippen LogP contribution in [0.1, 0.15) is 28.6 Å². The van der Waals surface area contributed by atoms with Crippen LogP contribution in [0.4, 0.5) is 10.5 Å². The lowest BCUT2D eigenvalue weighted by atomic mass is 10.1. The second-order valence-electron chi connectivity index (χ2n) is 5.97. The van der Waals surface area contributed by atoms with Gasteiger partial charge in [0.15, 0.2) is 0 Å². The lowest BCUT2D eigenvalue weighted by Crippen LogP contribution is -2.26. The highest BCUT2D eigenvalue weighted by molar-refractivity contribution is 7.18. The van der Waals surface area contributed by atoms with Crippen LogP contribution in [0.2, 0.25) is 0 Å². The maximum Gasteiger partial charge on any atom is 0.316 e. The molecule has 0 fully saturated rings. The molecule has 0 bridgehead atoms. The van der Waals surface area contributed by atoms with E-state index in [2.05, 4.69) is 17.6 Å². The second-order valence-corrected chi connectivity index (χ2v) is 7.02. The number of carbonyl (C=O) groups excluding carboxylic acids is 2. The minimum absolute atomic E-state index is 0.275. The van der Waals surface area contributed by atoms with Gasteiger partial charge in [-0.3, -0.25) is 4.79 Å². The lowest BCUT2D eigenvalue weighted by Gasteiger charge is -2.13. The van der Waals surface area contributed by atoms with Crippen LogP contribution in [0.25, 0.3) is 10.4 Å². The Balaban J connectivity index is 2.08. The Morgan fingerprint density at radius 3 is 2.50 bits per heavy atom. The van der Waals surface area contributed by atoms with Gasteiger partial charge in [0.05, 0.1) is 5.69 Å². The first-order valence-electron chi connectivity index (χ1n) is 8.22. The van der Waals surface area contributed by atoms with E-state index in [0.29, 0.717) is 11.7 Å². The van der Waals surface area contributed by atoms with E-state index in [1.807, 2.05) is 24.3 Å². The molecule has 0 spiro atoms. The lowest BCUT2D eigenvalue weighted by molar-refractivity contribution is 0.100. The van der Waals surface area contributed by atoms with E-state index in [-0.39, 0.29) is 4.88 Å². The van der Waals surface area contributed by atoms with Gasteiger partial charge in [-0.05, 0) is 30.5 Å². The van der Waals surface area contributed by atoms with Crippen LogP contribution >= 0.6 is 11.3 Å². The second kappa shape index (κ2) is 9.33. The summed E-state index contributed by atoms with van der Waals surface area (Å²) in [6.07, 6.45) is 0.954. The van der Waals surface area contributed by atoms with Gasteiger partial charge in [0.1, 0.15) is 4.88 Å². The molecule has 8 heteroatoms. The number of methoxy groups -OCH3 is 1. The van der Waals surface area contributed by atoms with E-state index in [1.54, 1.807) is 13.2 Å². The van der Waals surface area contributed by atoms with Crippen molar-refractivity contribution >= 4 is 29.0 Å². The Labute approximate surface area is 156 Å². The minimum Gasteiger partial charge on any atom is -0.385 e. The van der Waals surface area contributed by atoms with Crippen LogP contribution in [-0.4, -0.2) is 31.7 Å². The number of anilines is 1. The zero-order valence-electron chi connectivity index (χ0n) is 14.9. The van der Waals surface area contributed by atoms with Crippen LogP contribution in [0.3, 0.4) is 0 Å². The number of carbonyl (C=O) groups is 2. The molecule has 140 valence electrons. The number of rotatable bonds is 9. The van der Waals surface area contributed by atoms with E-state index < -0.39 is 11.9 Å². The normalized spacial score (nSPS) is 11.9. The minimum atomic E-state index is -0.735. The molecule has 1 unspecified atom stereocenters. The summed E-state index contributed by atoms with van der Waals surface area (Å²) < 4.78 is 5.08. The first kappa shape index (κ1) is 19.9. The van der Waals surface area contributed by atoms with Gasteiger partial charge in [0.25, 0.3) is 5.91 Å². The molecule has 7 nitrogen and oxygen atoms in total. The molecular formula is C18H24N4O3S. The van der Waals surface area contributed by atoms with Crippen LogP contribution in [-0.2, 0) is 11.3 Å². The number of nitrogens with two attached hydrogens (primary N) is 2. The van der Waals surface area contributed by atoms with E-state index in [9.17, 15) is 9.59 Å². The van der Waals surface area contributed by atoms with Gasteiger partial charge in [-0.25, -0.2) is 4.79 Å². The molecule has 0 saturated carbocycles. The first-order valence-corrected chi connectivity index (χ1v) is 9.04. The molecular weight excluding hydrogens is 352 g/mol. The van der Waals surface area contributed by atoms with Crippen LogP contribution in [0, 0.1) is 0 Å². The highest BCUT2D eigenvalue weighted by Gasteiger charge is 2.16. The van der Waals surface area contributed by atoms with Crippen molar-refractivity contribution in [3.63, 3.8) is 0 Å². The third-order valence-electron chi connectivity index (χ3n) is 3.86. The van der Waals surface area contributed by atoms with E-state index in [1.165, 1.54) is 11.3 Å². The fourth-order valence-electron chi connectivity index (χ4n) is 2.42. The Bertz CT molecular complexity index is 758. The monoisotopic (exact) mass is 376 g/mol. The predicted octanol–water partition coefficient (Wildman–Crippen LogP) is 2.52. The van der Waals surface area contributed by atoms with Crippen LogP contribution in [0.15, 0.2) is 30.3 Å². The molecule has 26 heavy (non-hydrogen) atoms. The standard InChI is InChI=1S/C18H24N4O3S/c1-11(7-8-25-2)21-10-12-3-5-13(6-4-12)15-9-14(22-18(20)24)16(26-15)17(19)23/h3-6,9,11,21H,7-8,10H2,1-2H3,(H2,19,23)(H3,20,22,24). The molecule has 0 aliphatic carbocycles. The van der Waals surface area contributed by atoms with Crippen molar-refractivity contribution in [2.45, 2.75) is 25.9 Å². The average Bonchev–Trinajstić information content (AvgIpc) is 3.02. The van der Waals surface area contributed by atoms with E-state index in [0.717, 1.165) is 35.6 Å². The number of urea groups is 1. The Kier molecular flexibility index (Phi) is 7.14. The van der Waals surface area contributed by atoms with Gasteiger partial charge in [0, 0.05) is 31.2 Å². The third-order valence-corrected chi connectivity index (χ3v) is 5.06. The van der Waals surface area contributed by atoms with Gasteiger partial charge in [-0.2, -0.15) is 0 Å². The Hall–Kier alpha value is -2.42. The Morgan fingerprint density at radius 2 is 1.92 bits per heavy atom. The molecule has 0 aliphatic heterocycles. The van der Waals surface area contributed by atoms with Crippen LogP contribution < -0.4 is 22.1 Å². The topological polar surface area (TPSA) is 119 Å².